The van der Waals surface area contributed by atoms with E-state index >= 15 is 0 Å². The van der Waals surface area contributed by atoms with Crippen molar-refractivity contribution in [1.29, 1.82) is 0 Å². The van der Waals surface area contributed by atoms with Gasteiger partial charge in [0.05, 0.1) is 24.4 Å². The van der Waals surface area contributed by atoms with E-state index in [1.54, 1.807) is 13.8 Å². The van der Waals surface area contributed by atoms with Gasteiger partial charge in [-0.1, -0.05) is 30.3 Å². The number of aromatic nitrogens is 2. The summed E-state index contributed by atoms with van der Waals surface area (Å²) in [6.45, 7) is 2.99. The summed E-state index contributed by atoms with van der Waals surface area (Å²) in [4.78, 5) is 19.3. The highest BCUT2D eigenvalue weighted by molar-refractivity contribution is 5.72. The lowest BCUT2D eigenvalue weighted by atomic mass is 9.91. The quantitative estimate of drug-likeness (QED) is 0.476. The van der Waals surface area contributed by atoms with Gasteiger partial charge < -0.3 is 14.6 Å². The SMILES string of the molecule is Cc1nc(OC(F)F)nc(C)c1-c1cccc(CCc2ccc3c(c2)OC[C@H]3CC(=O)O)c1C. The monoisotopic (exact) mass is 468 g/mol. The Morgan fingerprint density at radius 1 is 1.15 bits per heavy atom. The van der Waals surface area contributed by atoms with Crippen LogP contribution in [0.4, 0.5) is 8.78 Å². The molecule has 1 aromatic heterocycles. The van der Waals surface area contributed by atoms with Crippen LogP contribution in [0.1, 0.15) is 46.0 Å². The molecule has 4 rings (SSSR count). The van der Waals surface area contributed by atoms with Gasteiger partial charge in [-0.3, -0.25) is 4.79 Å². The molecule has 6 nitrogen and oxygen atoms in total. The van der Waals surface area contributed by atoms with Crippen molar-refractivity contribution in [3.05, 3.63) is 70.0 Å². The summed E-state index contributed by atoms with van der Waals surface area (Å²) in [6, 6.07) is 11.7. The molecule has 0 fully saturated rings. The summed E-state index contributed by atoms with van der Waals surface area (Å²) in [5, 5.41) is 9.08. The molecule has 1 N–H and O–H groups in total. The van der Waals surface area contributed by atoms with E-state index in [9.17, 15) is 13.6 Å². The van der Waals surface area contributed by atoms with E-state index in [4.69, 9.17) is 9.84 Å². The summed E-state index contributed by atoms with van der Waals surface area (Å²) in [5.74, 6) is -0.164. The van der Waals surface area contributed by atoms with Crippen molar-refractivity contribution in [2.75, 3.05) is 6.61 Å². The fraction of sp³-hybridized carbons (Fsp3) is 0.346. The van der Waals surface area contributed by atoms with E-state index in [1.165, 1.54) is 0 Å². The Morgan fingerprint density at radius 3 is 2.56 bits per heavy atom. The smallest absolute Gasteiger partial charge is 0.389 e. The maximum absolute atomic E-state index is 12.6. The fourth-order valence-electron chi connectivity index (χ4n) is 4.57. The van der Waals surface area contributed by atoms with Gasteiger partial charge in [-0.25, -0.2) is 0 Å². The standard InChI is InChI=1S/C26H26F2N2O4/c1-14-18(9-7-17-8-10-21-19(12-23(31)32)13-33-22(21)11-17)5-4-6-20(14)24-15(2)29-26(30-16(24)3)34-25(27)28/h4-6,8,10-11,19,25H,7,9,12-13H2,1-3H3,(H,31,32)/t19-/m1/s1. The zero-order chi connectivity index (χ0) is 24.4. The van der Waals surface area contributed by atoms with E-state index in [2.05, 4.69) is 20.8 Å². The number of hydrogen-bond donors (Lipinski definition) is 1. The van der Waals surface area contributed by atoms with Crippen molar-refractivity contribution in [3.8, 4) is 22.9 Å². The second-order valence-electron chi connectivity index (χ2n) is 8.50. The molecule has 0 saturated carbocycles. The fourth-order valence-corrected chi connectivity index (χ4v) is 4.57. The van der Waals surface area contributed by atoms with Crippen molar-refractivity contribution >= 4 is 5.97 Å². The highest BCUT2D eigenvalue weighted by Crippen LogP contribution is 2.37. The third-order valence-electron chi connectivity index (χ3n) is 6.22. The third-order valence-corrected chi connectivity index (χ3v) is 6.22. The minimum atomic E-state index is -2.97. The minimum Gasteiger partial charge on any atom is -0.493 e. The minimum absolute atomic E-state index is 0.0656. The number of aryl methyl sites for hydroxylation is 4. The largest absolute Gasteiger partial charge is 0.493 e. The lowest BCUT2D eigenvalue weighted by Gasteiger charge is -2.16. The van der Waals surface area contributed by atoms with Crippen LogP contribution in [0.5, 0.6) is 11.8 Å². The first kappa shape index (κ1) is 23.6. The van der Waals surface area contributed by atoms with Gasteiger partial charge in [0, 0.05) is 17.0 Å². The topological polar surface area (TPSA) is 81.5 Å². The van der Waals surface area contributed by atoms with Crippen molar-refractivity contribution < 1.29 is 28.2 Å². The number of carbonyl (C=O) groups is 1. The molecule has 1 aliphatic rings. The number of alkyl halides is 2. The molecule has 0 aliphatic carbocycles. The predicted molar refractivity (Wildman–Crippen MR) is 123 cm³/mol. The summed E-state index contributed by atoms with van der Waals surface area (Å²) < 4.78 is 35.2. The van der Waals surface area contributed by atoms with Crippen LogP contribution in [0.25, 0.3) is 11.1 Å². The van der Waals surface area contributed by atoms with Crippen molar-refractivity contribution in [3.63, 3.8) is 0 Å². The highest BCUT2D eigenvalue weighted by Gasteiger charge is 2.26. The van der Waals surface area contributed by atoms with Crippen LogP contribution >= 0.6 is 0 Å². The molecule has 1 atom stereocenters. The van der Waals surface area contributed by atoms with Crippen molar-refractivity contribution in [2.24, 2.45) is 0 Å². The average Bonchev–Trinajstić information content (AvgIpc) is 3.14. The summed E-state index contributed by atoms with van der Waals surface area (Å²) in [7, 11) is 0. The number of carboxylic acid groups (broad SMARTS) is 1. The molecule has 0 radical (unpaired) electrons. The molecule has 178 valence electrons. The molecule has 8 heteroatoms. The lowest BCUT2D eigenvalue weighted by molar-refractivity contribution is -0.137. The molecule has 0 amide bonds. The zero-order valence-electron chi connectivity index (χ0n) is 19.3. The number of ether oxygens (including phenoxy) is 2. The number of hydrogen-bond acceptors (Lipinski definition) is 5. The Kier molecular flexibility index (Phi) is 6.77. The number of benzene rings is 2. The predicted octanol–water partition coefficient (Wildman–Crippen LogP) is 5.41. The van der Waals surface area contributed by atoms with Gasteiger partial charge in [0.1, 0.15) is 5.75 Å². The Hall–Kier alpha value is -3.55. The van der Waals surface area contributed by atoms with Gasteiger partial charge in [-0.15, -0.1) is 0 Å². The van der Waals surface area contributed by atoms with E-state index in [0.29, 0.717) is 18.0 Å². The van der Waals surface area contributed by atoms with Crippen LogP contribution in [0.3, 0.4) is 0 Å². The normalized spacial score (nSPS) is 14.7. The second-order valence-corrected chi connectivity index (χ2v) is 8.50. The van der Waals surface area contributed by atoms with Crippen LogP contribution in [0, 0.1) is 20.8 Å². The molecule has 3 aromatic rings. The third kappa shape index (κ3) is 5.00. The van der Waals surface area contributed by atoms with Crippen LogP contribution in [-0.2, 0) is 17.6 Å². The number of halogens is 2. The molecule has 34 heavy (non-hydrogen) atoms. The second kappa shape index (κ2) is 9.75. The van der Waals surface area contributed by atoms with E-state index in [-0.39, 0.29) is 18.3 Å². The van der Waals surface area contributed by atoms with Gasteiger partial charge in [0.2, 0.25) is 0 Å². The first-order valence-corrected chi connectivity index (χ1v) is 11.1. The van der Waals surface area contributed by atoms with Crippen LogP contribution < -0.4 is 9.47 Å². The average molecular weight is 469 g/mol. The van der Waals surface area contributed by atoms with Gasteiger partial charge in [0.15, 0.2) is 0 Å². The lowest BCUT2D eigenvalue weighted by Crippen LogP contribution is -2.08. The molecule has 1 aliphatic heterocycles. The van der Waals surface area contributed by atoms with Gasteiger partial charge in [0.25, 0.3) is 0 Å². The molecule has 0 unspecified atom stereocenters. The first-order valence-electron chi connectivity index (χ1n) is 11.1. The van der Waals surface area contributed by atoms with E-state index in [1.807, 2.05) is 37.3 Å². The maximum Gasteiger partial charge on any atom is 0.389 e. The molecular weight excluding hydrogens is 442 g/mol. The van der Waals surface area contributed by atoms with Crippen LogP contribution in [0.15, 0.2) is 36.4 Å². The maximum atomic E-state index is 12.6. The number of rotatable bonds is 8. The highest BCUT2D eigenvalue weighted by atomic mass is 19.3. The van der Waals surface area contributed by atoms with Crippen molar-refractivity contribution in [1.82, 2.24) is 9.97 Å². The Labute approximate surface area is 196 Å². The molecular formula is C26H26F2N2O4. The number of fused-ring (bicyclic) bond motifs is 1. The summed E-state index contributed by atoms with van der Waals surface area (Å²) in [5.41, 5.74) is 7.25. The number of carboxylic acids is 1. The van der Waals surface area contributed by atoms with Gasteiger partial charge in [-0.2, -0.15) is 18.7 Å². The van der Waals surface area contributed by atoms with Crippen molar-refractivity contribution in [2.45, 2.75) is 52.6 Å². The Balaban J connectivity index is 1.53. The Bertz CT molecular complexity index is 1210. The summed E-state index contributed by atoms with van der Waals surface area (Å²) in [6.07, 6.45) is 1.65. The zero-order valence-corrected chi connectivity index (χ0v) is 19.3. The summed E-state index contributed by atoms with van der Waals surface area (Å²) >= 11 is 0. The molecule has 0 spiro atoms. The van der Waals surface area contributed by atoms with Crippen LogP contribution in [0.2, 0.25) is 0 Å². The molecule has 0 saturated heterocycles. The number of nitrogens with zero attached hydrogens (tertiary/aromatic N) is 2. The first-order chi connectivity index (χ1) is 16.2. The van der Waals surface area contributed by atoms with Gasteiger partial charge in [-0.05, 0) is 61.9 Å². The van der Waals surface area contributed by atoms with E-state index < -0.39 is 12.6 Å². The number of aliphatic carboxylic acids is 1. The van der Waals surface area contributed by atoms with E-state index in [0.717, 1.165) is 52.0 Å². The van der Waals surface area contributed by atoms with Crippen LogP contribution in [-0.4, -0.2) is 34.3 Å². The van der Waals surface area contributed by atoms with Gasteiger partial charge >= 0.3 is 18.6 Å². The Morgan fingerprint density at radius 2 is 1.88 bits per heavy atom. The molecule has 2 heterocycles. The molecule has 2 aromatic carbocycles. The molecule has 0 bridgehead atoms.